The minimum Gasteiger partial charge on any atom is -0.323 e. The van der Waals surface area contributed by atoms with Crippen LogP contribution in [0.5, 0.6) is 0 Å². The lowest BCUT2D eigenvalue weighted by Gasteiger charge is -2.12. The van der Waals surface area contributed by atoms with Crippen LogP contribution in [0.25, 0.3) is 0 Å². The fourth-order valence-corrected chi connectivity index (χ4v) is 2.45. The third-order valence-corrected chi connectivity index (χ3v) is 3.67. The molecule has 2 rings (SSSR count). The molecule has 0 atom stereocenters. The smallest absolute Gasteiger partial charge is 0.323 e. The van der Waals surface area contributed by atoms with Gasteiger partial charge in [0.15, 0.2) is 0 Å². The molecule has 0 aliphatic heterocycles. The molecule has 0 spiro atoms. The van der Waals surface area contributed by atoms with Gasteiger partial charge in [0.05, 0.1) is 16.3 Å². The topological polar surface area (TPSA) is 51.1 Å². The summed E-state index contributed by atoms with van der Waals surface area (Å²) in [6.07, 6.45) is -4.14. The van der Waals surface area contributed by atoms with E-state index in [1.165, 1.54) is 0 Å². The summed E-state index contributed by atoms with van der Waals surface area (Å²) in [5, 5.41) is 2.09. The van der Waals surface area contributed by atoms with Crippen LogP contribution in [0, 0.1) is 6.92 Å². The molecule has 2 aromatic rings. The highest BCUT2D eigenvalue weighted by Gasteiger charge is 2.32. The Balaban J connectivity index is 2.25. The minimum atomic E-state index is -4.68. The van der Waals surface area contributed by atoms with Gasteiger partial charge in [-0.3, -0.25) is 9.59 Å². The number of aryl methyl sites for hydroxylation is 1. The molecule has 128 valence electrons. The van der Waals surface area contributed by atoms with Gasteiger partial charge < -0.3 is 9.88 Å². The summed E-state index contributed by atoms with van der Waals surface area (Å²) in [5.41, 5.74) is -0.847. The predicted octanol–water partition coefficient (Wildman–Crippen LogP) is 4.12. The van der Waals surface area contributed by atoms with Crippen LogP contribution in [0.3, 0.4) is 0 Å². The molecular weight excluding hydrogens is 368 g/mol. The van der Waals surface area contributed by atoms with E-state index in [1.54, 1.807) is 18.2 Å². The quantitative estimate of drug-likeness (QED) is 0.873. The molecule has 0 aliphatic carbocycles. The number of pyridine rings is 1. The Morgan fingerprint density at radius 2 is 1.88 bits per heavy atom. The van der Waals surface area contributed by atoms with Crippen molar-refractivity contribution < 1.29 is 18.0 Å². The second-order valence-corrected chi connectivity index (χ2v) is 5.85. The number of carbonyl (C=O) groups is 1. The number of carbonyl (C=O) groups excluding carboxylic acids is 1. The zero-order valence-corrected chi connectivity index (χ0v) is 13.8. The lowest BCUT2D eigenvalue weighted by Crippen LogP contribution is -2.29. The van der Waals surface area contributed by atoms with Gasteiger partial charge in [-0.1, -0.05) is 29.3 Å². The SMILES string of the molecule is Cc1ccc(NC(=O)Cn2cc(C(F)(F)F)cc(Cl)c2=O)c(Cl)c1. The second-order valence-electron chi connectivity index (χ2n) is 5.04. The molecule has 0 saturated heterocycles. The van der Waals surface area contributed by atoms with E-state index >= 15 is 0 Å². The molecule has 0 saturated carbocycles. The molecule has 0 bridgehead atoms. The minimum absolute atomic E-state index is 0.276. The highest BCUT2D eigenvalue weighted by molar-refractivity contribution is 6.33. The maximum absolute atomic E-state index is 12.8. The zero-order valence-electron chi connectivity index (χ0n) is 12.2. The molecule has 1 N–H and O–H groups in total. The van der Waals surface area contributed by atoms with Gasteiger partial charge in [0.2, 0.25) is 5.91 Å². The molecule has 9 heteroatoms. The van der Waals surface area contributed by atoms with Crippen molar-refractivity contribution in [3.05, 3.63) is 62.0 Å². The van der Waals surface area contributed by atoms with Gasteiger partial charge >= 0.3 is 6.18 Å². The van der Waals surface area contributed by atoms with Crippen molar-refractivity contribution >= 4 is 34.8 Å². The third-order valence-electron chi connectivity index (χ3n) is 3.08. The van der Waals surface area contributed by atoms with Gasteiger partial charge in [0.25, 0.3) is 5.56 Å². The maximum Gasteiger partial charge on any atom is 0.417 e. The van der Waals surface area contributed by atoms with Crippen LogP contribution in [0.4, 0.5) is 18.9 Å². The number of alkyl halides is 3. The summed E-state index contributed by atoms with van der Waals surface area (Å²) in [6, 6.07) is 5.39. The Hall–Kier alpha value is -1.99. The van der Waals surface area contributed by atoms with Crippen molar-refractivity contribution in [1.82, 2.24) is 4.57 Å². The Kier molecular flexibility index (Phi) is 5.25. The standard InChI is InChI=1S/C15H11Cl2F3N2O2/c1-8-2-3-12(10(16)4-8)21-13(23)7-22-6-9(15(18,19)20)5-11(17)14(22)24/h2-6H,7H2,1H3,(H,21,23). The van der Waals surface area contributed by atoms with E-state index in [4.69, 9.17) is 23.2 Å². The summed E-state index contributed by atoms with van der Waals surface area (Å²) in [4.78, 5) is 23.8. The number of nitrogens with zero attached hydrogens (tertiary/aromatic N) is 1. The first kappa shape index (κ1) is 18.4. The first-order chi connectivity index (χ1) is 11.1. The van der Waals surface area contributed by atoms with Crippen molar-refractivity contribution in [3.63, 3.8) is 0 Å². The normalized spacial score (nSPS) is 11.4. The van der Waals surface area contributed by atoms with Gasteiger partial charge in [0.1, 0.15) is 11.6 Å². The number of anilines is 1. The lowest BCUT2D eigenvalue weighted by molar-refractivity contribution is -0.138. The molecule has 0 aliphatic rings. The van der Waals surface area contributed by atoms with Crippen LogP contribution in [-0.4, -0.2) is 10.5 Å². The third kappa shape index (κ3) is 4.30. The number of hydrogen-bond acceptors (Lipinski definition) is 2. The molecular formula is C15H11Cl2F3N2O2. The van der Waals surface area contributed by atoms with Crippen molar-refractivity contribution in [1.29, 1.82) is 0 Å². The summed E-state index contributed by atoms with van der Waals surface area (Å²) < 4.78 is 38.9. The zero-order chi connectivity index (χ0) is 18.1. The van der Waals surface area contributed by atoms with Gasteiger partial charge in [0, 0.05) is 6.20 Å². The number of rotatable bonds is 3. The number of benzene rings is 1. The van der Waals surface area contributed by atoms with E-state index in [-0.39, 0.29) is 5.02 Å². The summed E-state index contributed by atoms with van der Waals surface area (Å²) in [7, 11) is 0. The van der Waals surface area contributed by atoms with Crippen LogP contribution in [0.1, 0.15) is 11.1 Å². The van der Waals surface area contributed by atoms with Crippen molar-refractivity contribution in [2.24, 2.45) is 0 Å². The molecule has 0 fully saturated rings. The molecule has 1 aromatic heterocycles. The predicted molar refractivity (Wildman–Crippen MR) is 85.5 cm³/mol. The van der Waals surface area contributed by atoms with E-state index in [0.29, 0.717) is 22.5 Å². The van der Waals surface area contributed by atoms with Crippen molar-refractivity contribution in [2.45, 2.75) is 19.6 Å². The fraction of sp³-hybridized carbons (Fsp3) is 0.200. The van der Waals surface area contributed by atoms with Gasteiger partial charge in [-0.05, 0) is 30.7 Å². The largest absolute Gasteiger partial charge is 0.417 e. The van der Waals surface area contributed by atoms with E-state index in [9.17, 15) is 22.8 Å². The molecule has 1 aromatic carbocycles. The van der Waals surface area contributed by atoms with Crippen molar-refractivity contribution in [3.8, 4) is 0 Å². The van der Waals surface area contributed by atoms with E-state index in [1.807, 2.05) is 6.92 Å². The number of hydrogen-bond donors (Lipinski definition) is 1. The van der Waals surface area contributed by atoms with Crippen LogP contribution in [0.15, 0.2) is 35.3 Å². The number of halogens is 5. The summed E-state index contributed by atoms with van der Waals surface area (Å²) in [6.45, 7) is 1.17. The molecule has 1 heterocycles. The van der Waals surface area contributed by atoms with E-state index in [0.717, 1.165) is 5.56 Å². The molecule has 4 nitrogen and oxygen atoms in total. The van der Waals surface area contributed by atoms with Gasteiger partial charge in [-0.2, -0.15) is 13.2 Å². The Labute approximate surface area is 144 Å². The maximum atomic E-state index is 12.8. The van der Waals surface area contributed by atoms with Crippen LogP contribution in [-0.2, 0) is 17.5 Å². The number of aromatic nitrogens is 1. The monoisotopic (exact) mass is 378 g/mol. The fourth-order valence-electron chi connectivity index (χ4n) is 1.94. The van der Waals surface area contributed by atoms with Crippen LogP contribution in [0.2, 0.25) is 10.0 Å². The summed E-state index contributed by atoms with van der Waals surface area (Å²) in [5.74, 6) is -0.710. The van der Waals surface area contributed by atoms with E-state index < -0.39 is 34.8 Å². The number of nitrogens with one attached hydrogen (secondary N) is 1. The average molecular weight is 379 g/mol. The first-order valence-corrected chi connectivity index (χ1v) is 7.36. The summed E-state index contributed by atoms with van der Waals surface area (Å²) >= 11 is 11.5. The Morgan fingerprint density at radius 1 is 1.21 bits per heavy atom. The van der Waals surface area contributed by atoms with E-state index in [2.05, 4.69) is 5.32 Å². The van der Waals surface area contributed by atoms with Crippen LogP contribution < -0.4 is 10.9 Å². The lowest BCUT2D eigenvalue weighted by atomic mass is 10.2. The average Bonchev–Trinajstić information content (AvgIpc) is 2.45. The number of amides is 1. The van der Waals surface area contributed by atoms with Gasteiger partial charge in [-0.25, -0.2) is 0 Å². The highest BCUT2D eigenvalue weighted by Crippen LogP contribution is 2.29. The highest BCUT2D eigenvalue weighted by atomic mass is 35.5. The van der Waals surface area contributed by atoms with Crippen LogP contribution >= 0.6 is 23.2 Å². The van der Waals surface area contributed by atoms with Gasteiger partial charge in [-0.15, -0.1) is 0 Å². The second kappa shape index (κ2) is 6.86. The molecule has 0 unspecified atom stereocenters. The Morgan fingerprint density at radius 3 is 2.46 bits per heavy atom. The molecule has 1 amide bonds. The Bertz CT molecular complexity index is 848. The first-order valence-electron chi connectivity index (χ1n) is 6.61. The van der Waals surface area contributed by atoms with Crippen molar-refractivity contribution in [2.75, 3.05) is 5.32 Å². The molecule has 24 heavy (non-hydrogen) atoms. The molecule has 0 radical (unpaired) electrons.